The third kappa shape index (κ3) is 4.84. The van der Waals surface area contributed by atoms with Gasteiger partial charge in [0, 0.05) is 9.61 Å². The Hall–Kier alpha value is -0.440. The standard InChI is InChI=1S/C19H24INO2S2/c1-2-3-5-15-12-16-13-17(20)9-7-14(16)8-10-18(15)21-25(22,23)19-6-4-11-24-19/h4,6-7,9,11,13,15,18,21H,2-3,5,8,10,12H2,1H3/t15?,18-/m1/s1. The fourth-order valence-corrected chi connectivity index (χ4v) is 6.50. The molecule has 2 aromatic rings. The SMILES string of the molecule is CCCCC1Cc2cc(I)ccc2CC[C@H]1NS(=O)(=O)c1cccs1. The van der Waals surface area contributed by atoms with Crippen LogP contribution in [0.1, 0.15) is 43.7 Å². The molecule has 1 aliphatic rings. The topological polar surface area (TPSA) is 46.2 Å². The molecular formula is C19H24INO2S2. The van der Waals surface area contributed by atoms with Crippen molar-refractivity contribution in [3.05, 3.63) is 50.4 Å². The first kappa shape index (κ1) is 19.3. The second-order valence-corrected chi connectivity index (χ2v) is 10.9. The zero-order chi connectivity index (χ0) is 17.9. The molecule has 1 N–H and O–H groups in total. The third-order valence-electron chi connectivity index (χ3n) is 4.94. The Morgan fingerprint density at radius 3 is 2.84 bits per heavy atom. The normalized spacial score (nSPS) is 20.9. The minimum atomic E-state index is -3.42. The highest BCUT2D eigenvalue weighted by Crippen LogP contribution is 2.30. The van der Waals surface area contributed by atoms with Crippen molar-refractivity contribution in [3.63, 3.8) is 0 Å². The maximum atomic E-state index is 12.7. The minimum Gasteiger partial charge on any atom is -0.207 e. The summed E-state index contributed by atoms with van der Waals surface area (Å²) in [6, 6.07) is 10.1. The average Bonchev–Trinajstić information content (AvgIpc) is 3.07. The van der Waals surface area contributed by atoms with E-state index < -0.39 is 10.0 Å². The molecule has 1 aromatic carbocycles. The van der Waals surface area contributed by atoms with E-state index in [0.29, 0.717) is 10.1 Å². The van der Waals surface area contributed by atoms with E-state index in [4.69, 9.17) is 0 Å². The molecule has 2 atom stereocenters. The van der Waals surface area contributed by atoms with Crippen LogP contribution in [0.4, 0.5) is 0 Å². The van der Waals surface area contributed by atoms with Crippen molar-refractivity contribution in [2.75, 3.05) is 0 Å². The van der Waals surface area contributed by atoms with Gasteiger partial charge in [-0.15, -0.1) is 11.3 Å². The van der Waals surface area contributed by atoms with Crippen molar-refractivity contribution in [3.8, 4) is 0 Å². The summed E-state index contributed by atoms with van der Waals surface area (Å²) in [4.78, 5) is 0. The number of thiophene rings is 1. The summed E-state index contributed by atoms with van der Waals surface area (Å²) in [5.41, 5.74) is 2.77. The van der Waals surface area contributed by atoms with E-state index in [2.05, 4.69) is 52.4 Å². The smallest absolute Gasteiger partial charge is 0.207 e. The van der Waals surface area contributed by atoms with Crippen molar-refractivity contribution in [2.24, 2.45) is 5.92 Å². The number of unbranched alkanes of at least 4 members (excludes halogenated alkanes) is 1. The van der Waals surface area contributed by atoms with Gasteiger partial charge in [0.05, 0.1) is 0 Å². The molecule has 0 radical (unpaired) electrons. The van der Waals surface area contributed by atoms with Gasteiger partial charge in [-0.05, 0) is 88.9 Å². The molecule has 0 saturated carbocycles. The van der Waals surface area contributed by atoms with E-state index in [1.54, 1.807) is 12.1 Å². The minimum absolute atomic E-state index is 0.00344. The molecular weight excluding hydrogens is 465 g/mol. The van der Waals surface area contributed by atoms with Gasteiger partial charge in [-0.3, -0.25) is 0 Å². The first-order chi connectivity index (χ1) is 12.0. The Labute approximate surface area is 168 Å². The lowest BCUT2D eigenvalue weighted by Gasteiger charge is -2.26. The zero-order valence-corrected chi connectivity index (χ0v) is 18.2. The summed E-state index contributed by atoms with van der Waals surface area (Å²) < 4.78 is 30.1. The number of fused-ring (bicyclic) bond motifs is 1. The molecule has 3 nitrogen and oxygen atoms in total. The van der Waals surface area contributed by atoms with Crippen molar-refractivity contribution in [2.45, 2.75) is 55.7 Å². The number of rotatable bonds is 6. The molecule has 0 amide bonds. The summed E-state index contributed by atoms with van der Waals surface area (Å²) in [5, 5.41) is 1.81. The number of benzene rings is 1. The Bertz CT molecular complexity index is 803. The van der Waals surface area contributed by atoms with E-state index in [1.807, 2.05) is 5.38 Å². The van der Waals surface area contributed by atoms with Gasteiger partial charge >= 0.3 is 0 Å². The van der Waals surface area contributed by atoms with Gasteiger partial charge in [0.15, 0.2) is 0 Å². The van der Waals surface area contributed by atoms with Crippen molar-refractivity contribution >= 4 is 44.0 Å². The van der Waals surface area contributed by atoms with Crippen LogP contribution in [0.5, 0.6) is 0 Å². The number of halogens is 1. The summed E-state index contributed by atoms with van der Waals surface area (Å²) in [7, 11) is -3.42. The van der Waals surface area contributed by atoms with E-state index in [1.165, 1.54) is 26.0 Å². The molecule has 0 saturated heterocycles. The number of hydrogen-bond donors (Lipinski definition) is 1. The number of sulfonamides is 1. The van der Waals surface area contributed by atoms with E-state index in [0.717, 1.165) is 38.5 Å². The molecule has 0 bridgehead atoms. The van der Waals surface area contributed by atoms with Crippen LogP contribution in [0, 0.1) is 9.49 Å². The molecule has 136 valence electrons. The Balaban J connectivity index is 1.84. The van der Waals surface area contributed by atoms with Crippen LogP contribution in [-0.2, 0) is 22.9 Å². The highest BCUT2D eigenvalue weighted by Gasteiger charge is 2.30. The number of nitrogens with one attached hydrogen (secondary N) is 1. The van der Waals surface area contributed by atoms with Gasteiger partial charge < -0.3 is 0 Å². The monoisotopic (exact) mass is 489 g/mol. The van der Waals surface area contributed by atoms with Crippen LogP contribution < -0.4 is 4.72 Å². The predicted molar refractivity (Wildman–Crippen MR) is 113 cm³/mol. The first-order valence-corrected chi connectivity index (χ1v) is 12.3. The van der Waals surface area contributed by atoms with Gasteiger partial charge in [0.25, 0.3) is 0 Å². The van der Waals surface area contributed by atoms with Crippen molar-refractivity contribution in [1.82, 2.24) is 4.72 Å². The average molecular weight is 489 g/mol. The largest absolute Gasteiger partial charge is 0.250 e. The second kappa shape index (κ2) is 8.50. The molecule has 0 spiro atoms. The Morgan fingerprint density at radius 2 is 2.12 bits per heavy atom. The molecule has 6 heteroatoms. The van der Waals surface area contributed by atoms with E-state index in [-0.39, 0.29) is 6.04 Å². The molecule has 1 aromatic heterocycles. The van der Waals surface area contributed by atoms with Gasteiger partial charge in [-0.25, -0.2) is 13.1 Å². The number of hydrogen-bond acceptors (Lipinski definition) is 3. The van der Waals surface area contributed by atoms with E-state index in [9.17, 15) is 8.42 Å². The van der Waals surface area contributed by atoms with Gasteiger partial charge in [0.2, 0.25) is 10.0 Å². The summed E-state index contributed by atoms with van der Waals surface area (Å²) in [6.45, 7) is 2.19. The predicted octanol–water partition coefficient (Wildman–Crippen LogP) is 4.99. The van der Waals surface area contributed by atoms with Crippen molar-refractivity contribution in [1.29, 1.82) is 0 Å². The van der Waals surface area contributed by atoms with Crippen LogP contribution in [0.15, 0.2) is 39.9 Å². The van der Waals surface area contributed by atoms with Crippen LogP contribution >= 0.6 is 33.9 Å². The van der Waals surface area contributed by atoms with Gasteiger partial charge in [-0.2, -0.15) is 0 Å². The van der Waals surface area contributed by atoms with Crippen LogP contribution in [0.2, 0.25) is 0 Å². The maximum absolute atomic E-state index is 12.7. The van der Waals surface area contributed by atoms with Gasteiger partial charge in [0.1, 0.15) is 4.21 Å². The summed E-state index contributed by atoms with van der Waals surface area (Å²) in [6.07, 6.45) is 6.11. The molecule has 3 rings (SSSR count). The molecule has 0 aliphatic heterocycles. The van der Waals surface area contributed by atoms with Crippen LogP contribution in [-0.4, -0.2) is 14.5 Å². The Morgan fingerprint density at radius 1 is 1.28 bits per heavy atom. The molecule has 1 aliphatic carbocycles. The number of aryl methyl sites for hydroxylation is 1. The van der Waals surface area contributed by atoms with Gasteiger partial charge in [-0.1, -0.05) is 31.9 Å². The zero-order valence-electron chi connectivity index (χ0n) is 14.4. The summed E-state index contributed by atoms with van der Waals surface area (Å²) in [5.74, 6) is 0.356. The van der Waals surface area contributed by atoms with Crippen LogP contribution in [0.3, 0.4) is 0 Å². The Kier molecular flexibility index (Phi) is 6.57. The van der Waals surface area contributed by atoms with Crippen LogP contribution in [0.25, 0.3) is 0 Å². The fourth-order valence-electron chi connectivity index (χ4n) is 3.60. The highest BCUT2D eigenvalue weighted by atomic mass is 127. The third-order valence-corrected chi connectivity index (χ3v) is 8.50. The molecule has 0 fully saturated rings. The summed E-state index contributed by atoms with van der Waals surface area (Å²) >= 11 is 3.64. The lowest BCUT2D eigenvalue weighted by molar-refractivity contribution is 0.350. The fraction of sp³-hybridized carbons (Fsp3) is 0.474. The maximum Gasteiger partial charge on any atom is 0.250 e. The van der Waals surface area contributed by atoms with Crippen molar-refractivity contribution < 1.29 is 8.42 Å². The first-order valence-electron chi connectivity index (χ1n) is 8.82. The second-order valence-electron chi connectivity index (χ2n) is 6.72. The molecule has 1 unspecified atom stereocenters. The molecule has 25 heavy (non-hydrogen) atoms. The quantitative estimate of drug-likeness (QED) is 0.459. The lowest BCUT2D eigenvalue weighted by Crippen LogP contribution is -2.40. The highest BCUT2D eigenvalue weighted by molar-refractivity contribution is 14.1. The van der Waals surface area contributed by atoms with E-state index >= 15 is 0 Å². The molecule has 1 heterocycles. The lowest BCUT2D eigenvalue weighted by atomic mass is 9.89.